The fraction of sp³-hybridized carbons (Fsp3) is 0.211. The Hall–Kier alpha value is -3.23. The molecule has 4 rings (SSSR count). The Morgan fingerprint density at radius 1 is 1.26 bits per heavy atom. The van der Waals surface area contributed by atoms with Crippen molar-refractivity contribution in [3.63, 3.8) is 0 Å². The van der Waals surface area contributed by atoms with E-state index in [0.717, 1.165) is 30.4 Å². The number of benzene rings is 1. The number of aliphatic imine (C=N–C) groups is 1. The molecule has 2 atom stereocenters. The maximum atomic E-state index is 13.1. The molecule has 8 heteroatoms. The van der Waals surface area contributed by atoms with Crippen LogP contribution in [0.25, 0.3) is 0 Å². The van der Waals surface area contributed by atoms with E-state index >= 15 is 0 Å². The number of allylic oxidation sites excluding steroid dienone is 2. The van der Waals surface area contributed by atoms with Gasteiger partial charge in [0.2, 0.25) is 0 Å². The first-order chi connectivity index (χ1) is 13.0. The highest BCUT2D eigenvalue weighted by Crippen LogP contribution is 2.34. The second-order valence-corrected chi connectivity index (χ2v) is 6.68. The lowest BCUT2D eigenvalue weighted by Crippen LogP contribution is -2.45. The van der Waals surface area contributed by atoms with Crippen LogP contribution in [0.15, 0.2) is 75.7 Å². The zero-order valence-electron chi connectivity index (χ0n) is 14.7. The smallest absolute Gasteiger partial charge is 0.341 e. The maximum absolute atomic E-state index is 13.1. The quantitative estimate of drug-likeness (QED) is 0.432. The number of rotatable bonds is 4. The summed E-state index contributed by atoms with van der Waals surface area (Å²) in [6, 6.07) is 9.68. The fourth-order valence-electron chi connectivity index (χ4n) is 3.22. The van der Waals surface area contributed by atoms with Gasteiger partial charge in [0.05, 0.1) is 11.4 Å². The Morgan fingerprint density at radius 3 is 2.78 bits per heavy atom. The van der Waals surface area contributed by atoms with Crippen LogP contribution in [0.2, 0.25) is 0 Å². The van der Waals surface area contributed by atoms with Gasteiger partial charge in [-0.25, -0.2) is 4.79 Å². The van der Waals surface area contributed by atoms with Crippen LogP contribution >= 0.6 is 0 Å². The summed E-state index contributed by atoms with van der Waals surface area (Å²) in [7, 11) is 0. The number of anilines is 1. The molecule has 2 aliphatic heterocycles. The van der Waals surface area contributed by atoms with Crippen LogP contribution in [0.4, 0.5) is 5.69 Å². The number of nitrogens with zero attached hydrogens (tertiary/aromatic N) is 3. The summed E-state index contributed by atoms with van der Waals surface area (Å²) < 4.78 is -1.22. The molecule has 0 saturated heterocycles. The lowest BCUT2D eigenvalue weighted by molar-refractivity contribution is -0.740. The third-order valence-electron chi connectivity index (χ3n) is 4.74. The predicted octanol–water partition coefficient (Wildman–Crippen LogP) is 2.87. The maximum Gasteiger partial charge on any atom is 0.341 e. The van der Waals surface area contributed by atoms with Crippen LogP contribution < -0.4 is 10.9 Å². The van der Waals surface area contributed by atoms with Crippen molar-refractivity contribution >= 4 is 23.2 Å². The second kappa shape index (κ2) is 6.49. The highest BCUT2D eigenvalue weighted by molar-refractivity contribution is 6.08. The summed E-state index contributed by atoms with van der Waals surface area (Å²) in [5.74, 6) is -0.956. The molecular formula is C19H19N5O3. The lowest BCUT2D eigenvalue weighted by Gasteiger charge is -2.38. The fourth-order valence-corrected chi connectivity index (χ4v) is 3.22. The Kier molecular flexibility index (Phi) is 4.14. The molecule has 0 spiro atoms. The van der Waals surface area contributed by atoms with Gasteiger partial charge in [-0.3, -0.25) is 0 Å². The van der Waals surface area contributed by atoms with Crippen molar-refractivity contribution < 1.29 is 14.7 Å². The second-order valence-electron chi connectivity index (χ2n) is 6.68. The number of hydrogen-bond acceptors (Lipinski definition) is 6. The number of nitrogens with one attached hydrogen (secondary N) is 2. The Labute approximate surface area is 156 Å². The van der Waals surface area contributed by atoms with Crippen molar-refractivity contribution in [3.8, 4) is 0 Å². The molecule has 0 saturated carbocycles. The Bertz CT molecular complexity index is 945. The van der Waals surface area contributed by atoms with Crippen LogP contribution in [0.1, 0.15) is 19.8 Å². The predicted molar refractivity (Wildman–Crippen MR) is 102 cm³/mol. The molecule has 8 nitrogen and oxygen atoms in total. The number of para-hydroxylation sites is 1. The number of fused-ring (bicyclic) bond motifs is 2. The standard InChI is InChI=1S/C19H19N5O3/c1-12-7-9-15(22-21-14-5-3-2-4-6-14)18-17(12)23-24(27)11-13(19(25)26)8-10-16(24)20-18/h2-6,8,10-12,21-22H,7,9H2,1H3,(H,25,26). The van der Waals surface area contributed by atoms with Gasteiger partial charge in [-0.05, 0) is 31.1 Å². The Morgan fingerprint density at radius 2 is 2.04 bits per heavy atom. The lowest BCUT2D eigenvalue weighted by atomic mass is 9.89. The van der Waals surface area contributed by atoms with E-state index in [1.54, 1.807) is 0 Å². The van der Waals surface area contributed by atoms with E-state index in [0.29, 0.717) is 11.4 Å². The van der Waals surface area contributed by atoms with E-state index in [2.05, 4.69) is 20.9 Å². The van der Waals surface area contributed by atoms with Crippen LogP contribution in [-0.4, -0.2) is 27.4 Å². The average Bonchev–Trinajstić information content (AvgIpc) is 2.66. The SMILES string of the molecule is CC1CCC(NNc2ccccc2)=C2N=C3C=CC(C(=O)O)=C[N+]3([O-])N=C21. The first kappa shape index (κ1) is 17.2. The van der Waals surface area contributed by atoms with Crippen LogP contribution in [-0.2, 0) is 4.79 Å². The third-order valence-corrected chi connectivity index (χ3v) is 4.74. The molecule has 1 aromatic carbocycles. The summed E-state index contributed by atoms with van der Waals surface area (Å²) in [6.07, 6.45) is 5.45. The molecule has 0 fully saturated rings. The molecule has 0 radical (unpaired) electrons. The highest BCUT2D eigenvalue weighted by Gasteiger charge is 2.38. The molecule has 0 aromatic heterocycles. The monoisotopic (exact) mass is 365 g/mol. The zero-order chi connectivity index (χ0) is 19.0. The number of carboxylic acid groups (broad SMARTS) is 1. The van der Waals surface area contributed by atoms with Gasteiger partial charge in [0.25, 0.3) is 5.84 Å². The van der Waals surface area contributed by atoms with Crippen LogP contribution in [0, 0.1) is 11.1 Å². The van der Waals surface area contributed by atoms with Gasteiger partial charge in [-0.1, -0.05) is 30.2 Å². The zero-order valence-corrected chi connectivity index (χ0v) is 14.7. The number of quaternary nitrogens is 1. The normalized spacial score (nSPS) is 26.3. The largest absolute Gasteiger partial charge is 0.593 e. The topological polar surface area (TPSA) is 109 Å². The van der Waals surface area contributed by atoms with Gasteiger partial charge in [0.15, 0.2) is 0 Å². The third kappa shape index (κ3) is 3.16. The van der Waals surface area contributed by atoms with E-state index in [4.69, 9.17) is 5.11 Å². The van der Waals surface area contributed by atoms with Gasteiger partial charge >= 0.3 is 5.97 Å². The number of amidine groups is 1. The summed E-state index contributed by atoms with van der Waals surface area (Å²) in [6.45, 7) is 1.99. The number of hydroxylamine groups is 2. The molecule has 1 aliphatic carbocycles. The first-order valence-electron chi connectivity index (χ1n) is 8.70. The summed E-state index contributed by atoms with van der Waals surface area (Å²) >= 11 is 0. The minimum atomic E-state index is -1.22. The Balaban J connectivity index is 1.69. The average molecular weight is 365 g/mol. The number of hydrogen-bond donors (Lipinski definition) is 3. The van der Waals surface area contributed by atoms with E-state index in [1.807, 2.05) is 37.3 Å². The molecule has 27 heavy (non-hydrogen) atoms. The number of aliphatic carboxylic acids is 1. The molecule has 2 unspecified atom stereocenters. The van der Waals surface area contributed by atoms with Gasteiger partial charge in [0, 0.05) is 12.0 Å². The van der Waals surface area contributed by atoms with Gasteiger partial charge < -0.3 is 21.2 Å². The number of hydrazine groups is 1. The first-order valence-corrected chi connectivity index (χ1v) is 8.70. The highest BCUT2D eigenvalue weighted by atomic mass is 16.6. The van der Waals surface area contributed by atoms with E-state index in [-0.39, 0.29) is 17.3 Å². The van der Waals surface area contributed by atoms with Gasteiger partial charge in [-0.2, -0.15) is 9.75 Å². The van der Waals surface area contributed by atoms with Gasteiger partial charge in [-0.15, -0.1) is 0 Å². The summed E-state index contributed by atoms with van der Waals surface area (Å²) in [5.41, 5.74) is 9.25. The number of carbonyl (C=O) groups is 1. The van der Waals surface area contributed by atoms with E-state index in [9.17, 15) is 10.0 Å². The van der Waals surface area contributed by atoms with Crippen LogP contribution in [0.3, 0.4) is 0 Å². The molecule has 0 amide bonds. The van der Waals surface area contributed by atoms with Crippen molar-refractivity contribution in [3.05, 3.63) is 70.9 Å². The molecule has 138 valence electrons. The van der Waals surface area contributed by atoms with Crippen LogP contribution in [0.5, 0.6) is 0 Å². The van der Waals surface area contributed by atoms with Gasteiger partial charge in [0.1, 0.15) is 23.2 Å². The van der Waals surface area contributed by atoms with Crippen molar-refractivity contribution in [2.45, 2.75) is 19.8 Å². The van der Waals surface area contributed by atoms with Crippen molar-refractivity contribution in [2.24, 2.45) is 16.0 Å². The molecule has 0 bridgehead atoms. The molecule has 1 aromatic rings. The van der Waals surface area contributed by atoms with E-state index < -0.39 is 10.7 Å². The summed E-state index contributed by atoms with van der Waals surface area (Å²) in [5, 5.41) is 26.6. The molecule has 3 N–H and O–H groups in total. The van der Waals surface area contributed by atoms with Crippen molar-refractivity contribution in [1.29, 1.82) is 0 Å². The molecule has 2 heterocycles. The van der Waals surface area contributed by atoms with Crippen molar-refractivity contribution in [1.82, 2.24) is 5.43 Å². The minimum Gasteiger partial charge on any atom is -0.593 e. The molecular weight excluding hydrogens is 346 g/mol. The summed E-state index contributed by atoms with van der Waals surface area (Å²) in [4.78, 5) is 15.7. The van der Waals surface area contributed by atoms with Crippen molar-refractivity contribution in [2.75, 3.05) is 5.43 Å². The molecule has 3 aliphatic rings. The number of carboxylic acids is 1. The van der Waals surface area contributed by atoms with E-state index in [1.165, 1.54) is 12.2 Å². The minimum absolute atomic E-state index is 0.0594.